The first-order valence-electron chi connectivity index (χ1n) is 20.3. The Hall–Kier alpha value is -3.20. The Morgan fingerprint density at radius 1 is 0.571 bits per heavy atom. The number of fused-ring (bicyclic) bond motifs is 6. The molecule has 4 heterocycles. The largest absolute Gasteiger partial charge is 0.355 e. The second kappa shape index (κ2) is 16.7. The van der Waals surface area contributed by atoms with E-state index in [1.54, 1.807) is 0 Å². The molecule has 2 aromatic rings. The van der Waals surface area contributed by atoms with Gasteiger partial charge in [-0.25, -0.2) is 9.97 Å². The number of H-pyrrole nitrogens is 1. The predicted octanol–water partition coefficient (Wildman–Crippen LogP) is 14.0. The number of nitrogens with zero attached hydrogens (tertiary/aromatic N) is 2. The van der Waals surface area contributed by atoms with Crippen LogP contribution in [0.1, 0.15) is 210 Å². The lowest BCUT2D eigenvalue weighted by atomic mass is 9.82. The predicted molar refractivity (Wildman–Crippen MR) is 213 cm³/mol. The molecular formula is C46H63N3. The molecule has 6 bridgehead atoms. The Morgan fingerprint density at radius 3 is 1.65 bits per heavy atom. The van der Waals surface area contributed by atoms with Crippen LogP contribution in [0.5, 0.6) is 0 Å². The van der Waals surface area contributed by atoms with E-state index in [9.17, 15) is 0 Å². The molecule has 2 aromatic heterocycles. The average molecular weight is 658 g/mol. The van der Waals surface area contributed by atoms with Crippen LogP contribution < -0.4 is 0 Å². The maximum atomic E-state index is 5.56. The van der Waals surface area contributed by atoms with Gasteiger partial charge in [-0.15, -0.1) is 0 Å². The van der Waals surface area contributed by atoms with E-state index in [4.69, 9.17) is 9.97 Å². The zero-order valence-electron chi connectivity index (χ0n) is 31.6. The summed E-state index contributed by atoms with van der Waals surface area (Å²) in [7, 11) is 0. The van der Waals surface area contributed by atoms with E-state index in [2.05, 4.69) is 95.1 Å². The topological polar surface area (TPSA) is 41.6 Å². The van der Waals surface area contributed by atoms with Crippen LogP contribution in [0.25, 0.3) is 35.3 Å². The van der Waals surface area contributed by atoms with E-state index < -0.39 is 0 Å². The maximum absolute atomic E-state index is 5.56. The molecule has 49 heavy (non-hydrogen) atoms. The van der Waals surface area contributed by atoms with Gasteiger partial charge in [0.05, 0.1) is 22.8 Å². The molecule has 6 rings (SSSR count). The summed E-state index contributed by atoms with van der Waals surface area (Å²) >= 11 is 0. The highest BCUT2D eigenvalue weighted by molar-refractivity contribution is 5.81. The zero-order chi connectivity index (χ0) is 34.3. The number of hydrogen-bond donors (Lipinski definition) is 1. The van der Waals surface area contributed by atoms with Gasteiger partial charge in [-0.1, -0.05) is 91.2 Å². The monoisotopic (exact) mass is 658 g/mol. The molecular weight excluding hydrogens is 595 g/mol. The van der Waals surface area contributed by atoms with E-state index in [1.165, 1.54) is 134 Å². The molecule has 1 N–H and O–H groups in total. The molecule has 0 radical (unpaired) electrons. The van der Waals surface area contributed by atoms with Crippen molar-refractivity contribution in [3.05, 3.63) is 80.4 Å². The quantitative estimate of drug-likeness (QED) is 0.184. The van der Waals surface area contributed by atoms with Crippen LogP contribution in [-0.2, 0) is 0 Å². The lowest BCUT2D eigenvalue weighted by molar-refractivity contribution is 0.441. The Balaban J connectivity index is 1.74. The first-order chi connectivity index (χ1) is 24.0. The van der Waals surface area contributed by atoms with E-state index in [0.717, 1.165) is 36.3 Å². The van der Waals surface area contributed by atoms with Crippen molar-refractivity contribution >= 4 is 35.3 Å². The molecule has 2 aliphatic heterocycles. The van der Waals surface area contributed by atoms with E-state index >= 15 is 0 Å². The Labute approximate surface area is 297 Å². The molecule has 2 aliphatic carbocycles. The van der Waals surface area contributed by atoms with Crippen LogP contribution in [-0.4, -0.2) is 15.0 Å². The molecule has 0 saturated heterocycles. The van der Waals surface area contributed by atoms with Gasteiger partial charge in [0, 0.05) is 22.2 Å². The van der Waals surface area contributed by atoms with Crippen LogP contribution in [0.3, 0.4) is 0 Å². The average Bonchev–Trinajstić information content (AvgIpc) is 3.92. The standard InChI is InChI=1S/C46H63N3/c1-7-11-18-34(10-4)43-31(5)23-24-32(6)44(35-19-14-12-15-20-35)38-26-27-39(48-38)45(33(8-2)9-3)40-29-30-42(49-40)46(36-21-16-13-17-22-36)41-28-25-37(43)47-41/h23-30,33-36,47H,7-22H2,1-6H3. The third-order valence-electron chi connectivity index (χ3n) is 12.3. The number of nitrogens with one attached hydrogen (secondary N) is 1. The van der Waals surface area contributed by atoms with Crippen molar-refractivity contribution in [2.45, 2.75) is 168 Å². The van der Waals surface area contributed by atoms with Gasteiger partial charge >= 0.3 is 0 Å². The summed E-state index contributed by atoms with van der Waals surface area (Å²) < 4.78 is 0. The van der Waals surface area contributed by atoms with Crippen molar-refractivity contribution in [3.63, 3.8) is 0 Å². The van der Waals surface area contributed by atoms with Gasteiger partial charge in [-0.3, -0.25) is 0 Å². The number of aromatic amines is 1. The summed E-state index contributed by atoms with van der Waals surface area (Å²) in [5.74, 6) is 2.05. The lowest BCUT2D eigenvalue weighted by Crippen LogP contribution is -2.08. The summed E-state index contributed by atoms with van der Waals surface area (Å²) in [5, 5.41) is 0. The molecule has 0 aromatic carbocycles. The highest BCUT2D eigenvalue weighted by Gasteiger charge is 2.26. The van der Waals surface area contributed by atoms with Crippen LogP contribution in [0.4, 0.5) is 0 Å². The van der Waals surface area contributed by atoms with Crippen LogP contribution in [0.2, 0.25) is 0 Å². The molecule has 0 amide bonds. The molecule has 2 fully saturated rings. The minimum atomic E-state index is 0.425. The highest BCUT2D eigenvalue weighted by Crippen LogP contribution is 2.41. The van der Waals surface area contributed by atoms with E-state index in [-0.39, 0.29) is 0 Å². The van der Waals surface area contributed by atoms with E-state index in [0.29, 0.717) is 23.7 Å². The summed E-state index contributed by atoms with van der Waals surface area (Å²) in [6.07, 6.45) is 29.3. The fourth-order valence-corrected chi connectivity index (χ4v) is 9.55. The third-order valence-corrected chi connectivity index (χ3v) is 12.3. The van der Waals surface area contributed by atoms with Crippen LogP contribution in [0.15, 0.2) is 24.3 Å². The van der Waals surface area contributed by atoms with Gasteiger partial charge in [0.1, 0.15) is 0 Å². The zero-order valence-corrected chi connectivity index (χ0v) is 31.6. The normalized spacial score (nSPS) is 17.4. The Bertz CT molecular complexity index is 1700. The minimum absolute atomic E-state index is 0.425. The molecule has 2 saturated carbocycles. The minimum Gasteiger partial charge on any atom is -0.355 e. The van der Waals surface area contributed by atoms with Crippen molar-refractivity contribution in [3.8, 4) is 0 Å². The van der Waals surface area contributed by atoms with Crippen LogP contribution >= 0.6 is 0 Å². The Kier molecular flexibility index (Phi) is 12.1. The molecule has 3 heteroatoms. The summed E-state index contributed by atoms with van der Waals surface area (Å²) in [4.78, 5) is 15.1. The fraction of sp³-hybridized carbons (Fsp3) is 0.565. The van der Waals surface area contributed by atoms with Gasteiger partial charge in [0.2, 0.25) is 0 Å². The number of aryl methyl sites for hydroxylation is 2. The molecule has 0 spiro atoms. The summed E-state index contributed by atoms with van der Waals surface area (Å²) in [5.41, 5.74) is 15.6. The van der Waals surface area contributed by atoms with Crippen molar-refractivity contribution in [2.24, 2.45) is 0 Å². The van der Waals surface area contributed by atoms with Crippen molar-refractivity contribution in [1.29, 1.82) is 0 Å². The third kappa shape index (κ3) is 7.77. The summed E-state index contributed by atoms with van der Waals surface area (Å²) in [6.45, 7) is 14.1. The second-order valence-electron chi connectivity index (χ2n) is 15.5. The van der Waals surface area contributed by atoms with Crippen molar-refractivity contribution in [2.75, 3.05) is 0 Å². The molecule has 1 atom stereocenters. The van der Waals surface area contributed by atoms with Gasteiger partial charge in [-0.05, 0) is 148 Å². The van der Waals surface area contributed by atoms with Gasteiger partial charge < -0.3 is 4.98 Å². The van der Waals surface area contributed by atoms with Gasteiger partial charge in [0.25, 0.3) is 0 Å². The van der Waals surface area contributed by atoms with Crippen molar-refractivity contribution in [1.82, 2.24) is 15.0 Å². The van der Waals surface area contributed by atoms with Crippen LogP contribution in [0, 0.1) is 13.8 Å². The molecule has 1 unspecified atom stereocenters. The van der Waals surface area contributed by atoms with E-state index in [1.807, 2.05) is 0 Å². The van der Waals surface area contributed by atoms with Gasteiger partial charge in [-0.2, -0.15) is 0 Å². The first-order valence-corrected chi connectivity index (χ1v) is 20.3. The number of rotatable bonds is 10. The number of hydrogen-bond acceptors (Lipinski definition) is 2. The first kappa shape index (κ1) is 35.6. The molecule has 4 aliphatic rings. The number of unbranched alkanes of at least 4 members (excludes halogenated alkanes) is 1. The highest BCUT2D eigenvalue weighted by atomic mass is 14.8. The molecule has 262 valence electrons. The summed E-state index contributed by atoms with van der Waals surface area (Å²) in [6, 6.07) is 9.63. The lowest BCUT2D eigenvalue weighted by Gasteiger charge is -2.24. The SMILES string of the molecule is CCCCC(CC)c1c(C)ccc(C)c(C2CCCCC2)c2nc(c(C(CC)CC)c3nc(c(C4CCCCC4)c4ccc1[nH]4)C=C3)C=C2. The van der Waals surface area contributed by atoms with Gasteiger partial charge in [0.15, 0.2) is 0 Å². The Morgan fingerprint density at radius 2 is 1.08 bits per heavy atom. The number of aromatic nitrogens is 3. The van der Waals surface area contributed by atoms with Crippen molar-refractivity contribution < 1.29 is 0 Å². The second-order valence-corrected chi connectivity index (χ2v) is 15.5. The maximum Gasteiger partial charge on any atom is 0.0694 e. The molecule has 3 nitrogen and oxygen atoms in total. The fourth-order valence-electron chi connectivity index (χ4n) is 9.55. The smallest absolute Gasteiger partial charge is 0.0694 e.